The maximum atomic E-state index is 5.93. The number of aromatic nitrogens is 4. The predicted octanol–water partition coefficient (Wildman–Crippen LogP) is 4.75. The third kappa shape index (κ3) is 4.39. The standard InChI is InChI=1S/C20H22ClN5O/c1-13-11-18(26-25-13)23-20-16-5-3-2-4-6-17(16)22-19(24-20)12-27-15-9-7-14(21)8-10-15/h7-11H,2-6,12H2,1H3,(H2,22,23,24,25,26). The molecule has 140 valence electrons. The summed E-state index contributed by atoms with van der Waals surface area (Å²) < 4.78 is 5.85. The van der Waals surface area contributed by atoms with Crippen molar-refractivity contribution in [3.8, 4) is 5.75 Å². The molecular weight excluding hydrogens is 362 g/mol. The molecule has 0 spiro atoms. The van der Waals surface area contributed by atoms with Gasteiger partial charge in [0.15, 0.2) is 5.82 Å². The molecule has 1 aromatic carbocycles. The Morgan fingerprint density at radius 1 is 1.11 bits per heavy atom. The van der Waals surface area contributed by atoms with E-state index in [1.807, 2.05) is 37.3 Å². The SMILES string of the molecule is Cc1cc(Nc2nc(COc3ccc(Cl)cc3)nc3c2CCCCC3)[nH]n1. The van der Waals surface area contributed by atoms with Crippen LogP contribution in [0.2, 0.25) is 5.02 Å². The molecule has 0 fully saturated rings. The van der Waals surface area contributed by atoms with Crippen molar-refractivity contribution in [2.75, 3.05) is 5.32 Å². The Bertz CT molecular complexity index is 923. The molecule has 0 unspecified atom stereocenters. The van der Waals surface area contributed by atoms with E-state index < -0.39 is 0 Å². The monoisotopic (exact) mass is 383 g/mol. The van der Waals surface area contributed by atoms with Crippen LogP contribution in [0, 0.1) is 6.92 Å². The fraction of sp³-hybridized carbons (Fsp3) is 0.350. The summed E-state index contributed by atoms with van der Waals surface area (Å²) in [5.74, 6) is 3.10. The van der Waals surface area contributed by atoms with Gasteiger partial charge in [-0.05, 0) is 56.9 Å². The number of hydrogen-bond donors (Lipinski definition) is 2. The Morgan fingerprint density at radius 2 is 1.93 bits per heavy atom. The summed E-state index contributed by atoms with van der Waals surface area (Å²) in [6.07, 6.45) is 5.50. The molecule has 2 heterocycles. The lowest BCUT2D eigenvalue weighted by molar-refractivity contribution is 0.295. The van der Waals surface area contributed by atoms with Crippen molar-refractivity contribution in [3.63, 3.8) is 0 Å². The van der Waals surface area contributed by atoms with Gasteiger partial charge >= 0.3 is 0 Å². The van der Waals surface area contributed by atoms with Crippen molar-refractivity contribution in [1.29, 1.82) is 0 Å². The number of aromatic amines is 1. The molecule has 0 atom stereocenters. The zero-order chi connectivity index (χ0) is 18.6. The minimum absolute atomic E-state index is 0.311. The first-order chi connectivity index (χ1) is 13.2. The van der Waals surface area contributed by atoms with E-state index in [1.54, 1.807) is 0 Å². The van der Waals surface area contributed by atoms with E-state index in [9.17, 15) is 0 Å². The maximum Gasteiger partial charge on any atom is 0.168 e. The second-order valence-electron chi connectivity index (χ2n) is 6.76. The van der Waals surface area contributed by atoms with Gasteiger partial charge in [-0.15, -0.1) is 0 Å². The summed E-state index contributed by atoms with van der Waals surface area (Å²) in [6.45, 7) is 2.26. The molecule has 6 nitrogen and oxygen atoms in total. The minimum atomic E-state index is 0.311. The molecular formula is C20H22ClN5O. The number of aryl methyl sites for hydroxylation is 2. The molecule has 0 amide bonds. The Balaban J connectivity index is 1.60. The van der Waals surface area contributed by atoms with Crippen molar-refractivity contribution in [2.45, 2.75) is 45.6 Å². The highest BCUT2D eigenvalue weighted by atomic mass is 35.5. The lowest BCUT2D eigenvalue weighted by Crippen LogP contribution is -2.11. The van der Waals surface area contributed by atoms with Crippen LogP contribution in [-0.2, 0) is 19.4 Å². The summed E-state index contributed by atoms with van der Waals surface area (Å²) in [4.78, 5) is 9.53. The van der Waals surface area contributed by atoms with Crippen LogP contribution in [0.4, 0.5) is 11.6 Å². The van der Waals surface area contributed by atoms with E-state index in [0.29, 0.717) is 17.5 Å². The number of benzene rings is 1. The van der Waals surface area contributed by atoms with Gasteiger partial charge in [-0.1, -0.05) is 18.0 Å². The van der Waals surface area contributed by atoms with Crippen LogP contribution >= 0.6 is 11.6 Å². The van der Waals surface area contributed by atoms with Gasteiger partial charge in [0, 0.05) is 22.3 Å². The Hall–Kier alpha value is -2.60. The molecule has 1 aliphatic rings. The van der Waals surface area contributed by atoms with Crippen LogP contribution in [0.3, 0.4) is 0 Å². The third-order valence-electron chi connectivity index (χ3n) is 4.62. The van der Waals surface area contributed by atoms with Crippen LogP contribution in [0.15, 0.2) is 30.3 Å². The Labute approximate surface area is 163 Å². The van der Waals surface area contributed by atoms with Gasteiger partial charge in [0.25, 0.3) is 0 Å². The van der Waals surface area contributed by atoms with Crippen molar-refractivity contribution in [3.05, 3.63) is 58.1 Å². The number of ether oxygens (including phenoxy) is 1. The van der Waals surface area contributed by atoms with E-state index in [0.717, 1.165) is 54.5 Å². The van der Waals surface area contributed by atoms with Crippen LogP contribution in [0.25, 0.3) is 0 Å². The second-order valence-corrected chi connectivity index (χ2v) is 7.20. The average Bonchev–Trinajstić information content (AvgIpc) is 2.92. The average molecular weight is 384 g/mol. The number of fused-ring (bicyclic) bond motifs is 1. The molecule has 3 aromatic rings. The molecule has 27 heavy (non-hydrogen) atoms. The highest BCUT2D eigenvalue weighted by Gasteiger charge is 2.18. The third-order valence-corrected chi connectivity index (χ3v) is 4.87. The fourth-order valence-electron chi connectivity index (χ4n) is 3.28. The van der Waals surface area contributed by atoms with E-state index in [-0.39, 0.29) is 0 Å². The summed E-state index contributed by atoms with van der Waals surface area (Å²) in [5, 5.41) is 11.2. The molecule has 0 saturated carbocycles. The van der Waals surface area contributed by atoms with Gasteiger partial charge in [-0.3, -0.25) is 5.10 Å². The van der Waals surface area contributed by atoms with E-state index in [4.69, 9.17) is 26.3 Å². The number of halogens is 1. The maximum absolute atomic E-state index is 5.93. The lowest BCUT2D eigenvalue weighted by atomic mass is 10.1. The summed E-state index contributed by atoms with van der Waals surface area (Å²) in [6, 6.07) is 9.27. The summed E-state index contributed by atoms with van der Waals surface area (Å²) >= 11 is 5.93. The van der Waals surface area contributed by atoms with E-state index in [2.05, 4.69) is 15.5 Å². The van der Waals surface area contributed by atoms with E-state index >= 15 is 0 Å². The molecule has 0 radical (unpaired) electrons. The number of nitrogens with one attached hydrogen (secondary N) is 2. The van der Waals surface area contributed by atoms with E-state index in [1.165, 1.54) is 12.0 Å². The van der Waals surface area contributed by atoms with Gasteiger partial charge in [0.2, 0.25) is 0 Å². The highest BCUT2D eigenvalue weighted by molar-refractivity contribution is 6.30. The van der Waals surface area contributed by atoms with Crippen molar-refractivity contribution in [1.82, 2.24) is 20.2 Å². The van der Waals surface area contributed by atoms with Gasteiger partial charge in [0.05, 0.1) is 5.69 Å². The molecule has 2 aromatic heterocycles. The number of H-pyrrole nitrogens is 1. The molecule has 2 N–H and O–H groups in total. The van der Waals surface area contributed by atoms with Gasteiger partial charge < -0.3 is 10.1 Å². The molecule has 4 rings (SSSR count). The number of anilines is 2. The normalized spacial score (nSPS) is 13.7. The summed E-state index contributed by atoms with van der Waals surface area (Å²) in [7, 11) is 0. The fourth-order valence-corrected chi connectivity index (χ4v) is 3.41. The zero-order valence-electron chi connectivity index (χ0n) is 15.3. The largest absolute Gasteiger partial charge is 0.486 e. The molecule has 0 bridgehead atoms. The highest BCUT2D eigenvalue weighted by Crippen LogP contribution is 2.27. The first-order valence-corrected chi connectivity index (χ1v) is 9.61. The molecule has 7 heteroatoms. The Morgan fingerprint density at radius 3 is 2.70 bits per heavy atom. The molecule has 0 saturated heterocycles. The van der Waals surface area contributed by atoms with Gasteiger partial charge in [-0.2, -0.15) is 5.10 Å². The lowest BCUT2D eigenvalue weighted by Gasteiger charge is -2.14. The Kier molecular flexibility index (Phi) is 5.25. The number of rotatable bonds is 5. The first kappa shape index (κ1) is 17.8. The zero-order valence-corrected chi connectivity index (χ0v) is 16.0. The number of nitrogens with zero attached hydrogens (tertiary/aromatic N) is 3. The van der Waals surface area contributed by atoms with Crippen molar-refractivity contribution < 1.29 is 4.74 Å². The van der Waals surface area contributed by atoms with Crippen molar-refractivity contribution in [2.24, 2.45) is 0 Å². The minimum Gasteiger partial charge on any atom is -0.486 e. The quantitative estimate of drug-likeness (QED) is 0.621. The van der Waals surface area contributed by atoms with Crippen LogP contribution in [0.5, 0.6) is 5.75 Å². The van der Waals surface area contributed by atoms with Gasteiger partial charge in [0.1, 0.15) is 24.0 Å². The molecule has 0 aliphatic heterocycles. The van der Waals surface area contributed by atoms with Crippen LogP contribution in [-0.4, -0.2) is 20.2 Å². The second kappa shape index (κ2) is 7.96. The first-order valence-electron chi connectivity index (χ1n) is 9.23. The molecule has 1 aliphatic carbocycles. The van der Waals surface area contributed by atoms with Crippen molar-refractivity contribution >= 4 is 23.2 Å². The topological polar surface area (TPSA) is 75.7 Å². The smallest absolute Gasteiger partial charge is 0.168 e. The predicted molar refractivity (Wildman–Crippen MR) is 106 cm³/mol. The van der Waals surface area contributed by atoms with Crippen LogP contribution < -0.4 is 10.1 Å². The van der Waals surface area contributed by atoms with Crippen LogP contribution in [0.1, 0.15) is 42.0 Å². The summed E-state index contributed by atoms with van der Waals surface area (Å²) in [5.41, 5.74) is 3.26. The number of hydrogen-bond acceptors (Lipinski definition) is 5. The van der Waals surface area contributed by atoms with Gasteiger partial charge in [-0.25, -0.2) is 9.97 Å².